The van der Waals surface area contributed by atoms with Gasteiger partial charge < -0.3 is 5.11 Å². The minimum atomic E-state index is -4.49. The Balaban J connectivity index is 2.31. The van der Waals surface area contributed by atoms with Crippen molar-refractivity contribution in [3.63, 3.8) is 0 Å². The third kappa shape index (κ3) is 3.08. The summed E-state index contributed by atoms with van der Waals surface area (Å²) in [4.78, 5) is 3.41. The zero-order valence-corrected chi connectivity index (χ0v) is 11.3. The molecule has 2 nitrogen and oxygen atoms in total. The van der Waals surface area contributed by atoms with E-state index in [2.05, 4.69) is 4.98 Å². The average molecular weight is 308 g/mol. The Bertz CT molecular complexity index is 597. The molecule has 7 heteroatoms. The molecule has 1 heterocycles. The van der Waals surface area contributed by atoms with Crippen molar-refractivity contribution >= 4 is 22.9 Å². The fourth-order valence-electron chi connectivity index (χ4n) is 1.49. The number of nitrogens with zero attached hydrogens (tertiary/aromatic N) is 1. The number of aliphatic hydroxyl groups excluding tert-OH is 1. The Morgan fingerprint density at radius 1 is 1.37 bits per heavy atom. The van der Waals surface area contributed by atoms with Gasteiger partial charge in [-0.1, -0.05) is 23.7 Å². The van der Waals surface area contributed by atoms with Gasteiger partial charge in [0.2, 0.25) is 0 Å². The van der Waals surface area contributed by atoms with Crippen molar-refractivity contribution < 1.29 is 18.3 Å². The molecular formula is C12H9ClF3NOS. The van der Waals surface area contributed by atoms with Crippen LogP contribution in [-0.4, -0.2) is 10.1 Å². The van der Waals surface area contributed by atoms with Crippen molar-refractivity contribution in [3.05, 3.63) is 50.4 Å². The Hall–Kier alpha value is -1.11. The number of rotatable bonds is 2. The lowest BCUT2D eigenvalue weighted by Gasteiger charge is -2.09. The average Bonchev–Trinajstić information content (AvgIpc) is 2.81. The van der Waals surface area contributed by atoms with E-state index in [1.807, 2.05) is 0 Å². The minimum Gasteiger partial charge on any atom is -0.383 e. The third-order valence-corrected chi connectivity index (χ3v) is 4.05. The van der Waals surface area contributed by atoms with Crippen LogP contribution in [0.2, 0.25) is 5.02 Å². The van der Waals surface area contributed by atoms with E-state index >= 15 is 0 Å². The third-order valence-electron chi connectivity index (χ3n) is 2.55. The second-order valence-electron chi connectivity index (χ2n) is 3.98. The van der Waals surface area contributed by atoms with Crippen molar-refractivity contribution in [3.8, 4) is 0 Å². The zero-order chi connectivity index (χ0) is 14.2. The topological polar surface area (TPSA) is 33.1 Å². The number of alkyl halides is 3. The number of halogens is 4. The summed E-state index contributed by atoms with van der Waals surface area (Å²) in [6.45, 7) is 1.80. The smallest absolute Gasteiger partial charge is 0.383 e. The summed E-state index contributed by atoms with van der Waals surface area (Å²) < 4.78 is 37.3. The first kappa shape index (κ1) is 14.3. The first-order valence-electron chi connectivity index (χ1n) is 5.26. The molecule has 2 rings (SSSR count). The summed E-state index contributed by atoms with van der Waals surface area (Å²) in [5.74, 6) is 0. The lowest BCUT2D eigenvalue weighted by Crippen LogP contribution is -2.03. The molecule has 0 bridgehead atoms. The van der Waals surface area contributed by atoms with Gasteiger partial charge >= 0.3 is 6.18 Å². The molecule has 2 aromatic rings. The molecule has 0 radical (unpaired) electrons. The minimum absolute atomic E-state index is 0.132. The lowest BCUT2D eigenvalue weighted by molar-refractivity contribution is -0.137. The highest BCUT2D eigenvalue weighted by atomic mass is 35.5. The quantitative estimate of drug-likeness (QED) is 0.901. The zero-order valence-electron chi connectivity index (χ0n) is 9.70. The Morgan fingerprint density at radius 3 is 2.58 bits per heavy atom. The Labute approximate surface area is 116 Å². The van der Waals surface area contributed by atoms with Crippen LogP contribution >= 0.6 is 22.9 Å². The maximum absolute atomic E-state index is 12.4. The molecule has 19 heavy (non-hydrogen) atoms. The molecular weight excluding hydrogens is 299 g/mol. The Morgan fingerprint density at radius 2 is 2.05 bits per heavy atom. The van der Waals surface area contributed by atoms with Crippen LogP contribution in [-0.2, 0) is 6.18 Å². The number of aliphatic hydroxyl groups is 1. The maximum atomic E-state index is 12.4. The SMILES string of the molecule is Cc1ccc(C(O)c2cnc(C(F)(F)F)s2)cc1Cl. The van der Waals surface area contributed by atoms with Crippen molar-refractivity contribution in [2.45, 2.75) is 19.2 Å². The van der Waals surface area contributed by atoms with E-state index in [0.717, 1.165) is 11.8 Å². The summed E-state index contributed by atoms with van der Waals surface area (Å²) >= 11 is 6.34. The van der Waals surface area contributed by atoms with Gasteiger partial charge in [0.15, 0.2) is 5.01 Å². The van der Waals surface area contributed by atoms with E-state index in [1.54, 1.807) is 19.1 Å². The molecule has 1 aromatic carbocycles. The van der Waals surface area contributed by atoms with Crippen LogP contribution in [0.1, 0.15) is 27.1 Å². The first-order valence-corrected chi connectivity index (χ1v) is 6.45. The van der Waals surface area contributed by atoms with Crippen molar-refractivity contribution in [2.24, 2.45) is 0 Å². The largest absolute Gasteiger partial charge is 0.443 e. The number of aryl methyl sites for hydroxylation is 1. The molecule has 0 aliphatic heterocycles. The normalized spacial score (nSPS) is 13.6. The number of hydrogen-bond donors (Lipinski definition) is 1. The van der Waals surface area contributed by atoms with Gasteiger partial charge in [-0.3, -0.25) is 0 Å². The fraction of sp³-hybridized carbons (Fsp3) is 0.250. The van der Waals surface area contributed by atoms with Gasteiger partial charge in [-0.2, -0.15) is 13.2 Å². The van der Waals surface area contributed by atoms with Crippen LogP contribution < -0.4 is 0 Å². The standard InChI is InChI=1S/C12H9ClF3NOS/c1-6-2-3-7(4-8(6)13)10(18)9-5-17-11(19-9)12(14,15)16/h2-5,10,18H,1H3. The van der Waals surface area contributed by atoms with Crippen LogP contribution in [0, 0.1) is 6.92 Å². The van der Waals surface area contributed by atoms with Crippen molar-refractivity contribution in [1.82, 2.24) is 4.98 Å². The highest BCUT2D eigenvalue weighted by molar-refractivity contribution is 7.11. The number of thiazole rings is 1. The van der Waals surface area contributed by atoms with E-state index in [-0.39, 0.29) is 4.88 Å². The van der Waals surface area contributed by atoms with E-state index in [9.17, 15) is 18.3 Å². The van der Waals surface area contributed by atoms with Crippen molar-refractivity contribution in [2.75, 3.05) is 0 Å². The molecule has 0 amide bonds. The van der Waals surface area contributed by atoms with Crippen LogP contribution in [0.4, 0.5) is 13.2 Å². The lowest BCUT2D eigenvalue weighted by atomic mass is 10.1. The molecule has 102 valence electrons. The maximum Gasteiger partial charge on any atom is 0.443 e. The molecule has 0 aliphatic rings. The highest BCUT2D eigenvalue weighted by Crippen LogP contribution is 2.36. The van der Waals surface area contributed by atoms with Crippen molar-refractivity contribution in [1.29, 1.82) is 0 Å². The fourth-order valence-corrected chi connectivity index (χ4v) is 2.47. The van der Waals surface area contributed by atoms with Crippen LogP contribution in [0.5, 0.6) is 0 Å². The molecule has 1 aromatic heterocycles. The Kier molecular flexibility index (Phi) is 3.85. The number of benzene rings is 1. The summed E-state index contributed by atoms with van der Waals surface area (Å²) in [6, 6.07) is 4.86. The monoisotopic (exact) mass is 307 g/mol. The molecule has 0 saturated heterocycles. The molecule has 0 fully saturated rings. The summed E-state index contributed by atoms with van der Waals surface area (Å²) in [6.07, 6.45) is -4.62. The molecule has 1 atom stereocenters. The van der Waals surface area contributed by atoms with Gasteiger partial charge in [-0.25, -0.2) is 4.98 Å². The highest BCUT2D eigenvalue weighted by Gasteiger charge is 2.35. The van der Waals surface area contributed by atoms with Gasteiger partial charge in [0.05, 0.1) is 4.88 Å². The van der Waals surface area contributed by atoms with Crippen LogP contribution in [0.15, 0.2) is 24.4 Å². The van der Waals surface area contributed by atoms with E-state index in [0.29, 0.717) is 21.9 Å². The number of aromatic nitrogens is 1. The van der Waals surface area contributed by atoms with Gasteiger partial charge in [0, 0.05) is 11.2 Å². The van der Waals surface area contributed by atoms with Gasteiger partial charge in [0.1, 0.15) is 6.10 Å². The van der Waals surface area contributed by atoms with Crippen LogP contribution in [0.25, 0.3) is 0 Å². The van der Waals surface area contributed by atoms with Crippen LogP contribution in [0.3, 0.4) is 0 Å². The summed E-state index contributed by atoms with van der Waals surface area (Å²) in [5, 5.41) is 9.51. The molecule has 1 N–H and O–H groups in total. The van der Waals surface area contributed by atoms with E-state index in [4.69, 9.17) is 11.6 Å². The van der Waals surface area contributed by atoms with E-state index in [1.165, 1.54) is 6.07 Å². The molecule has 0 saturated carbocycles. The predicted octanol–water partition coefficient (Wildman–Crippen LogP) is 4.21. The first-order chi connectivity index (χ1) is 8.79. The predicted molar refractivity (Wildman–Crippen MR) is 67.4 cm³/mol. The summed E-state index contributed by atoms with van der Waals surface area (Å²) in [5.41, 5.74) is 1.27. The number of hydrogen-bond acceptors (Lipinski definition) is 3. The summed E-state index contributed by atoms with van der Waals surface area (Å²) in [7, 11) is 0. The second-order valence-corrected chi connectivity index (χ2v) is 5.45. The second kappa shape index (κ2) is 5.11. The van der Waals surface area contributed by atoms with Gasteiger partial charge in [-0.05, 0) is 24.1 Å². The van der Waals surface area contributed by atoms with E-state index < -0.39 is 17.3 Å². The van der Waals surface area contributed by atoms with Gasteiger partial charge in [-0.15, -0.1) is 11.3 Å². The molecule has 0 aliphatic carbocycles. The molecule has 1 unspecified atom stereocenters. The van der Waals surface area contributed by atoms with Gasteiger partial charge in [0.25, 0.3) is 0 Å². The molecule has 0 spiro atoms.